The molecule has 4 aromatic carbocycles. The zero-order chi connectivity index (χ0) is 22.4. The lowest BCUT2D eigenvalue weighted by molar-refractivity contribution is 1.73. The summed E-state index contributed by atoms with van der Waals surface area (Å²) in [6.07, 6.45) is 0. The SMILES string of the molecule is [2H]c1c([2H])c([2H])c2c(c1[2H])c1c([2H])c([2H])c([2H])c([2H])c1c1c([2H])c(Br)c([2H])c([2H])c21. The molecule has 0 aromatic heterocycles. The van der Waals surface area contributed by atoms with Gasteiger partial charge in [0.05, 0.1) is 15.1 Å². The second-order valence-corrected chi connectivity index (χ2v) is 4.73. The van der Waals surface area contributed by atoms with E-state index in [-0.39, 0.29) is 48.9 Å². The van der Waals surface area contributed by atoms with Crippen LogP contribution in [0.25, 0.3) is 32.3 Å². The Balaban J connectivity index is 2.66. The van der Waals surface area contributed by atoms with Crippen LogP contribution < -0.4 is 0 Å². The highest BCUT2D eigenvalue weighted by Crippen LogP contribution is 2.35. The smallest absolute Gasteiger partial charge is 0.0616 e. The van der Waals surface area contributed by atoms with E-state index in [1.165, 1.54) is 0 Å². The largest absolute Gasteiger partial charge is 0.0641 e. The van der Waals surface area contributed by atoms with Gasteiger partial charge in [-0.15, -0.1) is 0 Å². The van der Waals surface area contributed by atoms with Crippen LogP contribution in [-0.2, 0) is 0 Å². The maximum Gasteiger partial charge on any atom is 0.0641 e. The summed E-state index contributed by atoms with van der Waals surface area (Å²) >= 11 is 3.10. The van der Waals surface area contributed by atoms with E-state index in [9.17, 15) is 0 Å². The first kappa shape index (κ1) is 4.60. The Morgan fingerprint density at radius 3 is 1.53 bits per heavy atom. The summed E-state index contributed by atoms with van der Waals surface area (Å²) in [5.74, 6) is 0. The summed E-state index contributed by atoms with van der Waals surface area (Å²) in [7, 11) is 0. The van der Waals surface area contributed by atoms with Gasteiger partial charge in [-0.1, -0.05) is 70.3 Å². The number of hydrogen-bond donors (Lipinski definition) is 0. The zero-order valence-corrected chi connectivity index (χ0v) is 11.0. The average Bonchev–Trinajstić information content (AvgIpc) is 2.73. The van der Waals surface area contributed by atoms with Crippen molar-refractivity contribution in [1.29, 1.82) is 0 Å². The van der Waals surface area contributed by atoms with E-state index in [1.807, 2.05) is 0 Å². The Hall–Kier alpha value is -1.86. The summed E-state index contributed by atoms with van der Waals surface area (Å²) in [6, 6.07) is -5.35. The first-order chi connectivity index (χ1) is 13.9. The lowest BCUT2D eigenvalue weighted by Gasteiger charge is -2.10. The van der Waals surface area contributed by atoms with Crippen LogP contribution in [0.5, 0.6) is 0 Å². The number of halogens is 1. The van der Waals surface area contributed by atoms with Gasteiger partial charge in [-0.25, -0.2) is 0 Å². The molecule has 0 heterocycles. The molecule has 0 radical (unpaired) electrons. The minimum Gasteiger partial charge on any atom is -0.0616 e. The van der Waals surface area contributed by atoms with Gasteiger partial charge in [-0.2, -0.15) is 0 Å². The third kappa shape index (κ3) is 1.58. The quantitative estimate of drug-likeness (QED) is 0.354. The van der Waals surface area contributed by atoms with E-state index in [4.69, 9.17) is 15.1 Å². The van der Waals surface area contributed by atoms with Crippen LogP contribution in [0.2, 0.25) is 0 Å². The van der Waals surface area contributed by atoms with Crippen LogP contribution in [0.1, 0.15) is 15.1 Å². The number of fused-ring (bicyclic) bond motifs is 6. The summed E-state index contributed by atoms with van der Waals surface area (Å²) in [6.45, 7) is 0. The third-order valence-corrected chi connectivity index (χ3v) is 3.30. The average molecular weight is 318 g/mol. The molecule has 0 unspecified atom stereocenters. The van der Waals surface area contributed by atoms with Gasteiger partial charge in [0.15, 0.2) is 0 Å². The number of benzene rings is 4. The molecule has 0 amide bonds. The molecule has 0 aliphatic carbocycles. The number of rotatable bonds is 0. The molecule has 0 spiro atoms. The predicted octanol–water partition coefficient (Wildman–Crippen LogP) is 5.91. The van der Waals surface area contributed by atoms with Crippen molar-refractivity contribution in [2.75, 3.05) is 0 Å². The third-order valence-electron chi connectivity index (χ3n) is 2.91. The normalized spacial score (nSPS) is 19.5. The summed E-state index contributed by atoms with van der Waals surface area (Å²) in [5, 5.41) is -0.756. The highest BCUT2D eigenvalue weighted by atomic mass is 79.9. The molecule has 0 aliphatic rings. The second-order valence-electron chi connectivity index (χ2n) is 3.94. The van der Waals surface area contributed by atoms with Crippen LogP contribution in [0.15, 0.2) is 70.9 Å². The first-order valence-electron chi connectivity index (χ1n) is 10.9. The molecule has 90 valence electrons. The van der Waals surface area contributed by atoms with Crippen LogP contribution in [0, 0.1) is 0 Å². The minimum absolute atomic E-state index is 0.0473. The lowest BCUT2D eigenvalue weighted by Crippen LogP contribution is -1.82. The summed E-state index contributed by atoms with van der Waals surface area (Å²) in [4.78, 5) is 0. The van der Waals surface area contributed by atoms with Crippen molar-refractivity contribution in [2.45, 2.75) is 0 Å². The fourth-order valence-electron chi connectivity index (χ4n) is 2.13. The number of hydrogen-bond acceptors (Lipinski definition) is 0. The van der Waals surface area contributed by atoms with E-state index in [0.717, 1.165) is 0 Å². The molecule has 4 rings (SSSR count). The molecule has 0 bridgehead atoms. The van der Waals surface area contributed by atoms with Crippen LogP contribution in [-0.4, -0.2) is 0 Å². The standard InChI is InChI=1S/C18H11Br/c19-12-9-10-17-15-7-2-1-5-13(15)14-6-3-4-8-16(14)18(17)11-12/h1-11H/i1D,2D,3D,4D,5D,6D,7D,8D,9D,10D,11D. The molecule has 19 heavy (non-hydrogen) atoms. The van der Waals surface area contributed by atoms with E-state index in [2.05, 4.69) is 15.9 Å². The van der Waals surface area contributed by atoms with E-state index in [0.29, 0.717) is 0 Å². The van der Waals surface area contributed by atoms with Gasteiger partial charge in [0.1, 0.15) is 0 Å². The molecule has 0 fully saturated rings. The summed E-state index contributed by atoms with van der Waals surface area (Å²) < 4.78 is 90.8. The first-order valence-corrected chi connectivity index (χ1v) is 6.23. The summed E-state index contributed by atoms with van der Waals surface area (Å²) in [5.41, 5.74) is 0. The monoisotopic (exact) mass is 317 g/mol. The molecule has 0 N–H and O–H groups in total. The van der Waals surface area contributed by atoms with Gasteiger partial charge in [-0.05, 0) is 44.4 Å². The Labute approximate surface area is 135 Å². The molecule has 1 heteroatoms. The predicted molar refractivity (Wildman–Crippen MR) is 86.7 cm³/mol. The van der Waals surface area contributed by atoms with Crippen LogP contribution in [0.4, 0.5) is 0 Å². The fraction of sp³-hybridized carbons (Fsp3) is 0. The molecular formula is C18H11Br. The molecule has 0 aliphatic heterocycles. The van der Waals surface area contributed by atoms with Crippen molar-refractivity contribution in [3.63, 3.8) is 0 Å². The second kappa shape index (κ2) is 4.07. The van der Waals surface area contributed by atoms with Crippen molar-refractivity contribution >= 4 is 48.2 Å². The van der Waals surface area contributed by atoms with Gasteiger partial charge in [0.2, 0.25) is 0 Å². The maximum absolute atomic E-state index is 8.50. The molecule has 0 saturated carbocycles. The van der Waals surface area contributed by atoms with Gasteiger partial charge < -0.3 is 0 Å². The topological polar surface area (TPSA) is 0 Å². The zero-order valence-electron chi connectivity index (χ0n) is 20.4. The minimum atomic E-state index is -0.582. The van der Waals surface area contributed by atoms with Crippen LogP contribution in [0.3, 0.4) is 0 Å². The maximum atomic E-state index is 8.50. The molecule has 0 atom stereocenters. The Morgan fingerprint density at radius 2 is 1.00 bits per heavy atom. The van der Waals surface area contributed by atoms with Crippen molar-refractivity contribution < 1.29 is 15.1 Å². The Kier molecular flexibility index (Phi) is 0.987. The van der Waals surface area contributed by atoms with Crippen LogP contribution >= 0.6 is 15.9 Å². The highest BCUT2D eigenvalue weighted by Gasteiger charge is 2.07. The van der Waals surface area contributed by atoms with E-state index in [1.54, 1.807) is 0 Å². The molecular weight excluding hydrogens is 296 g/mol. The Morgan fingerprint density at radius 1 is 0.579 bits per heavy atom. The van der Waals surface area contributed by atoms with Crippen molar-refractivity contribution in [2.24, 2.45) is 0 Å². The highest BCUT2D eigenvalue weighted by molar-refractivity contribution is 9.10. The molecule has 0 nitrogen and oxygen atoms in total. The molecule has 4 aromatic rings. The van der Waals surface area contributed by atoms with Gasteiger partial charge in [0.25, 0.3) is 0 Å². The van der Waals surface area contributed by atoms with Crippen molar-refractivity contribution in [1.82, 2.24) is 0 Å². The fourth-order valence-corrected chi connectivity index (χ4v) is 2.43. The molecule has 0 saturated heterocycles. The lowest BCUT2D eigenvalue weighted by atomic mass is 9.94. The van der Waals surface area contributed by atoms with Crippen molar-refractivity contribution in [3.8, 4) is 0 Å². The van der Waals surface area contributed by atoms with E-state index < -0.39 is 54.4 Å². The van der Waals surface area contributed by atoms with Gasteiger partial charge in [0, 0.05) is 4.47 Å². The van der Waals surface area contributed by atoms with Crippen molar-refractivity contribution in [3.05, 3.63) is 70.9 Å². The van der Waals surface area contributed by atoms with E-state index >= 15 is 0 Å². The Bertz CT molecular complexity index is 1150. The van der Waals surface area contributed by atoms with Gasteiger partial charge >= 0.3 is 0 Å². The van der Waals surface area contributed by atoms with Gasteiger partial charge in [-0.3, -0.25) is 0 Å².